The van der Waals surface area contributed by atoms with E-state index in [2.05, 4.69) is 10.6 Å². The first-order valence-corrected chi connectivity index (χ1v) is 10.0. The summed E-state index contributed by atoms with van der Waals surface area (Å²) in [6.07, 6.45) is 2.24. The number of nitrogens with one attached hydrogen (secondary N) is 2. The van der Waals surface area contributed by atoms with E-state index in [1.165, 1.54) is 12.7 Å². The molecule has 0 heterocycles. The number of hydrogen-bond acceptors (Lipinski definition) is 5. The van der Waals surface area contributed by atoms with Gasteiger partial charge in [-0.05, 0) is 58.9 Å². The van der Waals surface area contributed by atoms with Gasteiger partial charge in [-0.15, -0.1) is 0 Å². The van der Waals surface area contributed by atoms with E-state index in [4.69, 9.17) is 9.47 Å². The Labute approximate surface area is 173 Å². The number of hydrogen-bond donors (Lipinski definition) is 2. The first-order valence-electron chi connectivity index (χ1n) is 10.0. The topological polar surface area (TPSA) is 93.7 Å². The largest absolute Gasteiger partial charge is 0.467 e. The Morgan fingerprint density at radius 1 is 1.07 bits per heavy atom. The van der Waals surface area contributed by atoms with Crippen molar-refractivity contribution in [1.82, 2.24) is 10.6 Å². The highest BCUT2D eigenvalue weighted by molar-refractivity contribution is 5.81. The maximum absolute atomic E-state index is 12.0. The average Bonchev–Trinajstić information content (AvgIpc) is 2.64. The normalized spacial score (nSPS) is 12.0. The molecule has 1 atom stereocenters. The van der Waals surface area contributed by atoms with Crippen molar-refractivity contribution in [3.8, 4) is 0 Å². The molecule has 0 spiro atoms. The van der Waals surface area contributed by atoms with Gasteiger partial charge in [-0.25, -0.2) is 9.59 Å². The molecule has 0 saturated heterocycles. The molecule has 0 bridgehead atoms. The van der Waals surface area contributed by atoms with E-state index in [1.54, 1.807) is 20.8 Å². The minimum atomic E-state index is -0.771. The van der Waals surface area contributed by atoms with Gasteiger partial charge in [0.05, 0.1) is 7.11 Å². The molecular formula is C22H34N2O5. The first-order chi connectivity index (χ1) is 13.6. The van der Waals surface area contributed by atoms with Crippen LogP contribution in [0.3, 0.4) is 0 Å². The van der Waals surface area contributed by atoms with Gasteiger partial charge in [-0.1, -0.05) is 29.8 Å². The molecule has 0 aliphatic carbocycles. The van der Waals surface area contributed by atoms with E-state index in [-0.39, 0.29) is 5.91 Å². The zero-order valence-corrected chi connectivity index (χ0v) is 18.2. The van der Waals surface area contributed by atoms with Crippen molar-refractivity contribution in [3.63, 3.8) is 0 Å². The second-order valence-corrected chi connectivity index (χ2v) is 8.05. The predicted octanol–water partition coefficient (Wildman–Crippen LogP) is 3.28. The molecule has 7 nitrogen and oxygen atoms in total. The Balaban J connectivity index is 2.28. The fourth-order valence-electron chi connectivity index (χ4n) is 2.64. The van der Waals surface area contributed by atoms with E-state index in [0.29, 0.717) is 38.6 Å². The molecule has 29 heavy (non-hydrogen) atoms. The van der Waals surface area contributed by atoms with E-state index < -0.39 is 23.7 Å². The van der Waals surface area contributed by atoms with E-state index in [1.807, 2.05) is 31.2 Å². The lowest BCUT2D eigenvalue weighted by atomic mass is 10.1. The van der Waals surface area contributed by atoms with Crippen molar-refractivity contribution in [3.05, 3.63) is 35.4 Å². The summed E-state index contributed by atoms with van der Waals surface area (Å²) in [5.41, 5.74) is 1.69. The number of carbonyl (C=O) groups is 3. The van der Waals surface area contributed by atoms with Crippen LogP contribution in [-0.4, -0.2) is 43.3 Å². The van der Waals surface area contributed by atoms with Gasteiger partial charge in [0, 0.05) is 13.0 Å². The fraction of sp³-hybridized carbons (Fsp3) is 0.591. The van der Waals surface area contributed by atoms with E-state index >= 15 is 0 Å². The minimum absolute atomic E-state index is 0.00183. The maximum Gasteiger partial charge on any atom is 0.408 e. The van der Waals surface area contributed by atoms with Crippen LogP contribution in [0.4, 0.5) is 4.79 Å². The Morgan fingerprint density at radius 3 is 2.31 bits per heavy atom. The third kappa shape index (κ3) is 11.1. The molecule has 0 saturated carbocycles. The maximum atomic E-state index is 12.0. The fourth-order valence-corrected chi connectivity index (χ4v) is 2.64. The zero-order chi connectivity index (χ0) is 21.9. The van der Waals surface area contributed by atoms with E-state index in [0.717, 1.165) is 5.56 Å². The number of esters is 1. The number of carbonyl (C=O) groups excluding carboxylic acids is 3. The molecule has 0 radical (unpaired) electrons. The number of methoxy groups -OCH3 is 1. The van der Waals surface area contributed by atoms with Crippen LogP contribution < -0.4 is 10.6 Å². The predicted molar refractivity (Wildman–Crippen MR) is 112 cm³/mol. The number of aryl methyl sites for hydroxylation is 2. The van der Waals surface area contributed by atoms with Crippen molar-refractivity contribution in [2.45, 2.75) is 71.4 Å². The van der Waals surface area contributed by atoms with Crippen LogP contribution in [0.15, 0.2) is 24.3 Å². The SMILES string of the molecule is COC(=O)C(CCCCNC(=O)CCc1ccc(C)cc1)NC(=O)OC(C)(C)C. The summed E-state index contributed by atoms with van der Waals surface area (Å²) in [6, 6.07) is 7.37. The van der Waals surface area contributed by atoms with Crippen molar-refractivity contribution in [2.24, 2.45) is 0 Å². The number of rotatable bonds is 10. The number of benzene rings is 1. The third-order valence-electron chi connectivity index (χ3n) is 4.18. The third-order valence-corrected chi connectivity index (χ3v) is 4.18. The molecule has 2 amide bonds. The molecule has 2 N–H and O–H groups in total. The monoisotopic (exact) mass is 406 g/mol. The Bertz CT molecular complexity index is 665. The molecule has 1 rings (SSSR count). The molecule has 0 fully saturated rings. The van der Waals surface area contributed by atoms with Gasteiger partial charge in [0.15, 0.2) is 0 Å². The second kappa shape index (κ2) is 12.1. The second-order valence-electron chi connectivity index (χ2n) is 8.05. The summed E-state index contributed by atoms with van der Waals surface area (Å²) in [6.45, 7) is 7.81. The van der Waals surface area contributed by atoms with Crippen molar-refractivity contribution in [1.29, 1.82) is 0 Å². The molecule has 1 unspecified atom stereocenters. The Morgan fingerprint density at radius 2 is 1.72 bits per heavy atom. The summed E-state index contributed by atoms with van der Waals surface area (Å²) in [5.74, 6) is -0.514. The number of ether oxygens (including phenoxy) is 2. The molecule has 1 aromatic carbocycles. The van der Waals surface area contributed by atoms with Gasteiger partial charge >= 0.3 is 12.1 Å². The summed E-state index contributed by atoms with van der Waals surface area (Å²) in [5, 5.41) is 5.43. The lowest BCUT2D eigenvalue weighted by molar-refractivity contribution is -0.143. The van der Waals surface area contributed by atoms with Crippen molar-refractivity contribution < 1.29 is 23.9 Å². The molecule has 0 aromatic heterocycles. The molecule has 162 valence electrons. The molecule has 0 aliphatic heterocycles. The van der Waals surface area contributed by atoms with Gasteiger partial charge in [0.25, 0.3) is 0 Å². The average molecular weight is 407 g/mol. The van der Waals surface area contributed by atoms with Crippen LogP contribution >= 0.6 is 0 Å². The highest BCUT2D eigenvalue weighted by Crippen LogP contribution is 2.09. The standard InChI is InChI=1S/C22H34N2O5/c1-16-9-11-17(12-10-16)13-14-19(25)23-15-7-6-8-18(20(26)28-5)24-21(27)29-22(2,3)4/h9-12,18H,6-8,13-15H2,1-5H3,(H,23,25)(H,24,27). The highest BCUT2D eigenvalue weighted by atomic mass is 16.6. The van der Waals surface area contributed by atoms with Gasteiger partial charge in [0.1, 0.15) is 11.6 Å². The van der Waals surface area contributed by atoms with E-state index in [9.17, 15) is 14.4 Å². The summed E-state index contributed by atoms with van der Waals surface area (Å²) < 4.78 is 9.92. The Hall–Kier alpha value is -2.57. The highest BCUT2D eigenvalue weighted by Gasteiger charge is 2.24. The number of alkyl carbamates (subject to hydrolysis) is 1. The van der Waals surface area contributed by atoms with Crippen molar-refractivity contribution in [2.75, 3.05) is 13.7 Å². The van der Waals surface area contributed by atoms with Crippen LogP contribution in [-0.2, 0) is 25.5 Å². The van der Waals surface area contributed by atoms with Crippen LogP contribution in [0.1, 0.15) is 57.6 Å². The molecular weight excluding hydrogens is 372 g/mol. The molecule has 7 heteroatoms. The lowest BCUT2D eigenvalue weighted by Gasteiger charge is -2.22. The van der Waals surface area contributed by atoms with Gasteiger partial charge in [-0.3, -0.25) is 4.79 Å². The minimum Gasteiger partial charge on any atom is -0.467 e. The van der Waals surface area contributed by atoms with Crippen LogP contribution in [0.2, 0.25) is 0 Å². The zero-order valence-electron chi connectivity index (χ0n) is 18.2. The lowest BCUT2D eigenvalue weighted by Crippen LogP contribution is -2.44. The summed E-state index contributed by atoms with van der Waals surface area (Å²) in [7, 11) is 1.28. The van der Waals surface area contributed by atoms with Crippen LogP contribution in [0.25, 0.3) is 0 Å². The van der Waals surface area contributed by atoms with Crippen LogP contribution in [0.5, 0.6) is 0 Å². The number of amides is 2. The summed E-state index contributed by atoms with van der Waals surface area (Å²) >= 11 is 0. The van der Waals surface area contributed by atoms with Gasteiger partial charge < -0.3 is 20.1 Å². The molecule has 1 aromatic rings. The number of unbranched alkanes of at least 4 members (excludes halogenated alkanes) is 1. The smallest absolute Gasteiger partial charge is 0.408 e. The molecule has 0 aliphatic rings. The summed E-state index contributed by atoms with van der Waals surface area (Å²) in [4.78, 5) is 35.7. The Kier molecular flexibility index (Phi) is 10.2. The first kappa shape index (κ1) is 24.5. The van der Waals surface area contributed by atoms with Crippen LogP contribution in [0, 0.1) is 6.92 Å². The quantitative estimate of drug-likeness (QED) is 0.459. The van der Waals surface area contributed by atoms with Crippen molar-refractivity contribution >= 4 is 18.0 Å². The van der Waals surface area contributed by atoms with Gasteiger partial charge in [0.2, 0.25) is 5.91 Å². The van der Waals surface area contributed by atoms with Gasteiger partial charge in [-0.2, -0.15) is 0 Å².